The van der Waals surface area contributed by atoms with Crippen molar-refractivity contribution in [2.24, 2.45) is 0 Å². The van der Waals surface area contributed by atoms with Crippen molar-refractivity contribution in [3.05, 3.63) is 51.6 Å². The summed E-state index contributed by atoms with van der Waals surface area (Å²) in [5.74, 6) is -0.142. The molecule has 0 atom stereocenters. The van der Waals surface area contributed by atoms with Gasteiger partial charge in [-0.05, 0) is 46.3 Å². The van der Waals surface area contributed by atoms with Gasteiger partial charge in [0.1, 0.15) is 5.82 Å². The first kappa shape index (κ1) is 12.9. The lowest BCUT2D eigenvalue weighted by atomic mass is 10.2. The fourth-order valence-electron chi connectivity index (χ4n) is 1.39. The van der Waals surface area contributed by atoms with Gasteiger partial charge in [-0.25, -0.2) is 4.98 Å². The molecule has 92 valence electrons. The summed E-state index contributed by atoms with van der Waals surface area (Å²) in [6.07, 6.45) is 1.53. The van der Waals surface area contributed by atoms with E-state index in [1.165, 1.54) is 6.20 Å². The number of hydrogen-bond donors (Lipinski definition) is 2. The van der Waals surface area contributed by atoms with Gasteiger partial charge >= 0.3 is 0 Å². The number of carbonyl (C=O) groups excluding carboxylic acids is 1. The molecular weight excluding hydrogens is 318 g/mol. The average Bonchev–Trinajstić information content (AvgIpc) is 2.34. The highest BCUT2D eigenvalue weighted by molar-refractivity contribution is 9.10. The molecule has 1 aromatic heterocycles. The predicted molar refractivity (Wildman–Crippen MR) is 75.8 cm³/mol. The molecule has 0 unspecified atom stereocenters. The minimum absolute atomic E-state index is 0.188. The number of anilines is 2. The fraction of sp³-hybridized carbons (Fsp3) is 0. The molecule has 0 bridgehead atoms. The molecule has 0 radical (unpaired) electrons. The first-order valence-electron chi connectivity index (χ1n) is 5.05. The second-order valence-electron chi connectivity index (χ2n) is 3.51. The number of nitrogens with two attached hydrogens (primary N) is 1. The zero-order valence-electron chi connectivity index (χ0n) is 9.15. The van der Waals surface area contributed by atoms with Crippen molar-refractivity contribution in [1.82, 2.24) is 4.98 Å². The molecule has 2 aromatic rings. The van der Waals surface area contributed by atoms with Crippen LogP contribution in [0.2, 0.25) is 5.02 Å². The number of amides is 1. The first-order valence-corrected chi connectivity index (χ1v) is 6.22. The van der Waals surface area contributed by atoms with E-state index in [0.29, 0.717) is 16.3 Å². The van der Waals surface area contributed by atoms with Crippen LogP contribution < -0.4 is 11.1 Å². The minimum atomic E-state index is -0.330. The maximum atomic E-state index is 12.0. The molecule has 18 heavy (non-hydrogen) atoms. The monoisotopic (exact) mass is 325 g/mol. The smallest absolute Gasteiger partial charge is 0.259 e. The van der Waals surface area contributed by atoms with Gasteiger partial charge in [0.05, 0.1) is 11.3 Å². The Labute approximate surface area is 117 Å². The van der Waals surface area contributed by atoms with Crippen molar-refractivity contribution in [3.8, 4) is 0 Å². The molecule has 4 nitrogen and oxygen atoms in total. The molecule has 0 spiro atoms. The largest absolute Gasteiger partial charge is 0.383 e. The Morgan fingerprint density at radius 1 is 1.39 bits per heavy atom. The molecule has 0 saturated heterocycles. The number of nitrogens with zero attached hydrogens (tertiary/aromatic N) is 1. The summed E-state index contributed by atoms with van der Waals surface area (Å²) in [5.41, 5.74) is 6.54. The fourth-order valence-corrected chi connectivity index (χ4v) is 1.91. The number of aromatic nitrogens is 1. The third-order valence-electron chi connectivity index (χ3n) is 2.26. The van der Waals surface area contributed by atoms with Crippen LogP contribution in [-0.2, 0) is 0 Å². The van der Waals surface area contributed by atoms with Crippen LogP contribution in [0.3, 0.4) is 0 Å². The standard InChI is InChI=1S/C12H9BrClN3O/c13-9-4-3-7(14)6-10(9)17-12(18)8-2-1-5-16-11(8)15/h1-6H,(H2,15,16)(H,17,18). The summed E-state index contributed by atoms with van der Waals surface area (Å²) in [6.45, 7) is 0. The number of hydrogen-bond acceptors (Lipinski definition) is 3. The highest BCUT2D eigenvalue weighted by Gasteiger charge is 2.11. The van der Waals surface area contributed by atoms with Crippen molar-refractivity contribution in [3.63, 3.8) is 0 Å². The van der Waals surface area contributed by atoms with E-state index >= 15 is 0 Å². The normalized spacial score (nSPS) is 10.1. The van der Waals surface area contributed by atoms with Crippen LogP contribution in [0.4, 0.5) is 11.5 Å². The van der Waals surface area contributed by atoms with Crippen molar-refractivity contribution < 1.29 is 4.79 Å². The summed E-state index contributed by atoms with van der Waals surface area (Å²) < 4.78 is 0.739. The van der Waals surface area contributed by atoms with Crippen LogP contribution in [0.25, 0.3) is 0 Å². The van der Waals surface area contributed by atoms with Crippen molar-refractivity contribution in [2.75, 3.05) is 11.1 Å². The number of carbonyl (C=O) groups is 1. The molecule has 0 aliphatic heterocycles. The summed E-state index contributed by atoms with van der Waals surface area (Å²) in [6, 6.07) is 8.38. The lowest BCUT2D eigenvalue weighted by Crippen LogP contribution is -2.15. The van der Waals surface area contributed by atoms with Gasteiger partial charge in [0.15, 0.2) is 0 Å². The van der Waals surface area contributed by atoms with E-state index in [0.717, 1.165) is 4.47 Å². The Balaban J connectivity index is 2.27. The quantitative estimate of drug-likeness (QED) is 0.889. The van der Waals surface area contributed by atoms with E-state index < -0.39 is 0 Å². The lowest BCUT2D eigenvalue weighted by molar-refractivity contribution is 0.102. The molecule has 2 rings (SSSR count). The van der Waals surface area contributed by atoms with Crippen LogP contribution in [0.1, 0.15) is 10.4 Å². The summed E-state index contributed by atoms with van der Waals surface area (Å²) in [4.78, 5) is 15.9. The molecule has 1 heterocycles. The van der Waals surface area contributed by atoms with Crippen LogP contribution in [0.15, 0.2) is 41.0 Å². The number of nitrogen functional groups attached to an aromatic ring is 1. The molecular formula is C12H9BrClN3O. The van der Waals surface area contributed by atoms with Crippen molar-refractivity contribution in [2.45, 2.75) is 0 Å². The predicted octanol–water partition coefficient (Wildman–Crippen LogP) is 3.33. The summed E-state index contributed by atoms with van der Waals surface area (Å²) in [5, 5.41) is 3.25. The Morgan fingerprint density at radius 2 is 2.17 bits per heavy atom. The van der Waals surface area contributed by atoms with Crippen molar-refractivity contribution in [1.29, 1.82) is 0 Å². The number of pyridine rings is 1. The molecule has 0 fully saturated rings. The highest BCUT2D eigenvalue weighted by Crippen LogP contribution is 2.26. The Kier molecular flexibility index (Phi) is 3.84. The Hall–Kier alpha value is -1.59. The molecule has 6 heteroatoms. The van der Waals surface area contributed by atoms with Gasteiger partial charge in [0, 0.05) is 15.7 Å². The van der Waals surface area contributed by atoms with E-state index in [-0.39, 0.29) is 11.7 Å². The number of rotatable bonds is 2. The molecule has 0 aliphatic carbocycles. The van der Waals surface area contributed by atoms with E-state index in [1.54, 1.807) is 30.3 Å². The number of halogens is 2. The van der Waals surface area contributed by atoms with Crippen LogP contribution in [-0.4, -0.2) is 10.9 Å². The topological polar surface area (TPSA) is 68.0 Å². The molecule has 3 N–H and O–H groups in total. The van der Waals surface area contributed by atoms with Gasteiger partial charge in [-0.1, -0.05) is 11.6 Å². The van der Waals surface area contributed by atoms with E-state index in [2.05, 4.69) is 26.2 Å². The molecule has 1 amide bonds. The van der Waals surface area contributed by atoms with Gasteiger partial charge in [-0.15, -0.1) is 0 Å². The third-order valence-corrected chi connectivity index (χ3v) is 3.19. The third kappa shape index (κ3) is 2.80. The molecule has 1 aromatic carbocycles. The lowest BCUT2D eigenvalue weighted by Gasteiger charge is -2.08. The maximum Gasteiger partial charge on any atom is 0.259 e. The Bertz CT molecular complexity index is 604. The maximum absolute atomic E-state index is 12.0. The summed E-state index contributed by atoms with van der Waals surface area (Å²) >= 11 is 9.20. The van der Waals surface area contributed by atoms with Gasteiger partial charge in [0.25, 0.3) is 5.91 Å². The second-order valence-corrected chi connectivity index (χ2v) is 4.81. The van der Waals surface area contributed by atoms with Crippen LogP contribution in [0, 0.1) is 0 Å². The Morgan fingerprint density at radius 3 is 2.89 bits per heavy atom. The van der Waals surface area contributed by atoms with Crippen LogP contribution in [0.5, 0.6) is 0 Å². The van der Waals surface area contributed by atoms with E-state index in [9.17, 15) is 4.79 Å². The minimum Gasteiger partial charge on any atom is -0.383 e. The van der Waals surface area contributed by atoms with E-state index in [1.807, 2.05) is 0 Å². The van der Waals surface area contributed by atoms with Gasteiger partial charge in [0.2, 0.25) is 0 Å². The average molecular weight is 327 g/mol. The zero-order valence-corrected chi connectivity index (χ0v) is 11.5. The summed E-state index contributed by atoms with van der Waals surface area (Å²) in [7, 11) is 0. The van der Waals surface area contributed by atoms with Crippen LogP contribution >= 0.6 is 27.5 Å². The van der Waals surface area contributed by atoms with E-state index in [4.69, 9.17) is 17.3 Å². The number of benzene rings is 1. The molecule has 0 aliphatic rings. The van der Waals surface area contributed by atoms with Crippen molar-refractivity contribution >= 4 is 44.9 Å². The first-order chi connectivity index (χ1) is 8.58. The number of nitrogens with one attached hydrogen (secondary N) is 1. The second kappa shape index (κ2) is 5.37. The zero-order chi connectivity index (χ0) is 13.1. The van der Waals surface area contributed by atoms with Gasteiger partial charge in [-0.2, -0.15) is 0 Å². The highest BCUT2D eigenvalue weighted by atomic mass is 79.9. The van der Waals surface area contributed by atoms with Gasteiger partial charge < -0.3 is 11.1 Å². The van der Waals surface area contributed by atoms with Gasteiger partial charge in [-0.3, -0.25) is 4.79 Å². The molecule has 0 saturated carbocycles. The SMILES string of the molecule is Nc1ncccc1C(=O)Nc1cc(Cl)ccc1Br.